The molecule has 2 heterocycles. The van der Waals surface area contributed by atoms with Gasteiger partial charge in [-0.15, -0.1) is 0 Å². The fraction of sp³-hybridized carbons (Fsp3) is 0.947. The van der Waals surface area contributed by atoms with Gasteiger partial charge >= 0.3 is 0 Å². The standard InChI is InChI=1S/C19H37N3O/c1-16(2)18-6-10-20(11-7-18)8-5-9-21-12-14-22(15-13-21)19(23)17(3)4/h16-18H,5-15H2,1-4H3. The quantitative estimate of drug-likeness (QED) is 0.751. The lowest BCUT2D eigenvalue weighted by Gasteiger charge is -2.37. The van der Waals surface area contributed by atoms with Crippen molar-refractivity contribution in [3.05, 3.63) is 0 Å². The number of likely N-dealkylation sites (tertiary alicyclic amines) is 1. The van der Waals surface area contributed by atoms with Gasteiger partial charge in [0.15, 0.2) is 0 Å². The molecule has 4 nitrogen and oxygen atoms in total. The van der Waals surface area contributed by atoms with Crippen LogP contribution in [0.1, 0.15) is 47.0 Å². The molecular formula is C19H37N3O. The van der Waals surface area contributed by atoms with Gasteiger partial charge in [0.25, 0.3) is 0 Å². The van der Waals surface area contributed by atoms with Crippen LogP contribution in [-0.4, -0.2) is 73.0 Å². The number of carbonyl (C=O) groups is 1. The summed E-state index contributed by atoms with van der Waals surface area (Å²) in [5.74, 6) is 2.24. The summed E-state index contributed by atoms with van der Waals surface area (Å²) in [6.07, 6.45) is 4.03. The van der Waals surface area contributed by atoms with Gasteiger partial charge in [0.05, 0.1) is 0 Å². The molecule has 2 aliphatic rings. The monoisotopic (exact) mass is 323 g/mol. The van der Waals surface area contributed by atoms with Gasteiger partial charge < -0.3 is 9.80 Å². The van der Waals surface area contributed by atoms with Crippen LogP contribution in [0.25, 0.3) is 0 Å². The van der Waals surface area contributed by atoms with Gasteiger partial charge in [-0.05, 0) is 57.3 Å². The molecule has 0 atom stereocenters. The summed E-state index contributed by atoms with van der Waals surface area (Å²) in [6, 6.07) is 0. The van der Waals surface area contributed by atoms with Gasteiger partial charge in [0, 0.05) is 32.1 Å². The van der Waals surface area contributed by atoms with Crippen LogP contribution in [0.4, 0.5) is 0 Å². The van der Waals surface area contributed by atoms with E-state index in [9.17, 15) is 4.79 Å². The van der Waals surface area contributed by atoms with Crippen LogP contribution in [0.5, 0.6) is 0 Å². The zero-order chi connectivity index (χ0) is 16.8. The van der Waals surface area contributed by atoms with Crippen molar-refractivity contribution in [2.45, 2.75) is 47.0 Å². The van der Waals surface area contributed by atoms with Gasteiger partial charge in [-0.2, -0.15) is 0 Å². The summed E-state index contributed by atoms with van der Waals surface area (Å²) < 4.78 is 0. The van der Waals surface area contributed by atoms with E-state index in [2.05, 4.69) is 23.6 Å². The van der Waals surface area contributed by atoms with Gasteiger partial charge in [-0.25, -0.2) is 0 Å². The normalized spacial score (nSPS) is 22.3. The molecule has 2 aliphatic heterocycles. The lowest BCUT2D eigenvalue weighted by Crippen LogP contribution is -2.50. The molecule has 0 unspecified atom stereocenters. The lowest BCUT2D eigenvalue weighted by atomic mass is 9.87. The van der Waals surface area contributed by atoms with E-state index in [1.54, 1.807) is 0 Å². The van der Waals surface area contributed by atoms with E-state index < -0.39 is 0 Å². The molecule has 4 heteroatoms. The first-order chi connectivity index (χ1) is 11.0. The molecule has 134 valence electrons. The van der Waals surface area contributed by atoms with Crippen molar-refractivity contribution in [1.29, 1.82) is 0 Å². The summed E-state index contributed by atoms with van der Waals surface area (Å²) in [4.78, 5) is 19.2. The SMILES string of the molecule is CC(C)C(=O)N1CCN(CCCN2CCC(C(C)C)CC2)CC1. The number of nitrogens with zero attached hydrogens (tertiary/aromatic N) is 3. The van der Waals surface area contributed by atoms with Crippen molar-refractivity contribution < 1.29 is 4.79 Å². The largest absolute Gasteiger partial charge is 0.340 e. The number of piperidine rings is 1. The van der Waals surface area contributed by atoms with Gasteiger partial charge in [0.1, 0.15) is 0 Å². The van der Waals surface area contributed by atoms with E-state index in [0.29, 0.717) is 5.91 Å². The highest BCUT2D eigenvalue weighted by molar-refractivity contribution is 5.78. The Morgan fingerprint density at radius 2 is 1.39 bits per heavy atom. The fourth-order valence-electron chi connectivity index (χ4n) is 3.92. The molecule has 0 bridgehead atoms. The summed E-state index contributed by atoms with van der Waals surface area (Å²) in [5, 5.41) is 0. The molecule has 2 fully saturated rings. The highest BCUT2D eigenvalue weighted by Gasteiger charge is 2.23. The van der Waals surface area contributed by atoms with E-state index in [4.69, 9.17) is 0 Å². The molecule has 0 aromatic rings. The predicted molar refractivity (Wildman–Crippen MR) is 96.5 cm³/mol. The molecule has 2 rings (SSSR count). The second-order valence-corrected chi connectivity index (χ2v) is 8.10. The third-order valence-electron chi connectivity index (χ3n) is 5.70. The van der Waals surface area contributed by atoms with E-state index >= 15 is 0 Å². The van der Waals surface area contributed by atoms with Crippen molar-refractivity contribution in [3.8, 4) is 0 Å². The molecule has 23 heavy (non-hydrogen) atoms. The Kier molecular flexibility index (Phi) is 7.35. The van der Waals surface area contributed by atoms with E-state index in [1.165, 1.54) is 45.4 Å². The number of rotatable bonds is 6. The fourth-order valence-corrected chi connectivity index (χ4v) is 3.92. The molecule has 0 aromatic carbocycles. The molecule has 0 radical (unpaired) electrons. The van der Waals surface area contributed by atoms with Crippen molar-refractivity contribution in [2.24, 2.45) is 17.8 Å². The molecule has 2 saturated heterocycles. The highest BCUT2D eigenvalue weighted by Crippen LogP contribution is 2.24. The maximum Gasteiger partial charge on any atom is 0.225 e. The summed E-state index contributed by atoms with van der Waals surface area (Å²) >= 11 is 0. The zero-order valence-electron chi connectivity index (χ0n) is 15.8. The number of amides is 1. The van der Waals surface area contributed by atoms with Gasteiger partial charge in [-0.3, -0.25) is 9.69 Å². The van der Waals surface area contributed by atoms with Crippen LogP contribution in [0.3, 0.4) is 0 Å². The first-order valence-corrected chi connectivity index (χ1v) is 9.71. The molecule has 0 N–H and O–H groups in total. The topological polar surface area (TPSA) is 26.8 Å². The van der Waals surface area contributed by atoms with Crippen LogP contribution in [0, 0.1) is 17.8 Å². The lowest BCUT2D eigenvalue weighted by molar-refractivity contribution is -0.136. The Balaban J connectivity index is 1.57. The average molecular weight is 324 g/mol. The van der Waals surface area contributed by atoms with E-state index in [-0.39, 0.29) is 5.92 Å². The minimum Gasteiger partial charge on any atom is -0.340 e. The van der Waals surface area contributed by atoms with E-state index in [1.807, 2.05) is 18.7 Å². The maximum atomic E-state index is 12.0. The second kappa shape index (κ2) is 9.03. The molecule has 1 amide bonds. The molecule has 0 aliphatic carbocycles. The third kappa shape index (κ3) is 5.75. The summed E-state index contributed by atoms with van der Waals surface area (Å²) in [5.41, 5.74) is 0. The second-order valence-electron chi connectivity index (χ2n) is 8.10. The van der Waals surface area contributed by atoms with Crippen LogP contribution < -0.4 is 0 Å². The Labute approximate surface area is 143 Å². The summed E-state index contributed by atoms with van der Waals surface area (Å²) in [7, 11) is 0. The van der Waals surface area contributed by atoms with Crippen molar-refractivity contribution in [3.63, 3.8) is 0 Å². The van der Waals surface area contributed by atoms with Crippen molar-refractivity contribution in [2.75, 3.05) is 52.4 Å². The van der Waals surface area contributed by atoms with Crippen molar-refractivity contribution in [1.82, 2.24) is 14.7 Å². The average Bonchev–Trinajstić information content (AvgIpc) is 2.55. The Bertz CT molecular complexity index is 354. The molecule has 0 aromatic heterocycles. The zero-order valence-corrected chi connectivity index (χ0v) is 15.8. The molecular weight excluding hydrogens is 286 g/mol. The first-order valence-electron chi connectivity index (χ1n) is 9.71. The van der Waals surface area contributed by atoms with Crippen molar-refractivity contribution >= 4 is 5.91 Å². The Hall–Kier alpha value is -0.610. The van der Waals surface area contributed by atoms with E-state index in [0.717, 1.165) is 38.0 Å². The molecule has 0 spiro atoms. The highest BCUT2D eigenvalue weighted by atomic mass is 16.2. The van der Waals surface area contributed by atoms with Crippen LogP contribution in [0.15, 0.2) is 0 Å². The van der Waals surface area contributed by atoms with Crippen LogP contribution in [0.2, 0.25) is 0 Å². The maximum absolute atomic E-state index is 12.0. The number of piperazine rings is 1. The number of carbonyl (C=O) groups excluding carboxylic acids is 1. The summed E-state index contributed by atoms with van der Waals surface area (Å²) in [6.45, 7) is 17.7. The van der Waals surface area contributed by atoms with Gasteiger partial charge in [0.2, 0.25) is 5.91 Å². The third-order valence-corrected chi connectivity index (χ3v) is 5.70. The van der Waals surface area contributed by atoms with Crippen LogP contribution >= 0.6 is 0 Å². The smallest absolute Gasteiger partial charge is 0.225 e. The predicted octanol–water partition coefficient (Wildman–Crippen LogP) is 2.54. The minimum atomic E-state index is 0.135. The Morgan fingerprint density at radius 3 is 1.87 bits per heavy atom. The minimum absolute atomic E-state index is 0.135. The Morgan fingerprint density at radius 1 is 0.870 bits per heavy atom. The first kappa shape index (κ1) is 18.7. The van der Waals surface area contributed by atoms with Gasteiger partial charge in [-0.1, -0.05) is 27.7 Å². The number of hydrogen-bond donors (Lipinski definition) is 0. The van der Waals surface area contributed by atoms with Crippen LogP contribution in [-0.2, 0) is 4.79 Å². The number of hydrogen-bond acceptors (Lipinski definition) is 3. The molecule has 0 saturated carbocycles.